The van der Waals surface area contributed by atoms with Crippen LogP contribution in [0.3, 0.4) is 0 Å². The van der Waals surface area contributed by atoms with Gasteiger partial charge in [-0.3, -0.25) is 18.9 Å². The van der Waals surface area contributed by atoms with Gasteiger partial charge in [-0.1, -0.05) is 18.2 Å². The van der Waals surface area contributed by atoms with Crippen molar-refractivity contribution in [3.63, 3.8) is 0 Å². The number of fused-ring (bicyclic) bond motifs is 1. The highest BCUT2D eigenvalue weighted by Gasteiger charge is 2.24. The van der Waals surface area contributed by atoms with Crippen LogP contribution in [0.1, 0.15) is 24.2 Å². The first kappa shape index (κ1) is 27.9. The number of rotatable bonds is 8. The maximum absolute atomic E-state index is 14.1. The van der Waals surface area contributed by atoms with Crippen LogP contribution in [0.2, 0.25) is 0 Å². The summed E-state index contributed by atoms with van der Waals surface area (Å²) in [4.78, 5) is 17.3. The minimum absolute atomic E-state index is 0.0486. The van der Waals surface area contributed by atoms with E-state index in [9.17, 15) is 22.0 Å². The second-order valence-electron chi connectivity index (χ2n) is 9.82. The molecular formula is C28H27F2N7O3S. The number of para-hydroxylation sites is 1. The van der Waals surface area contributed by atoms with E-state index in [-0.39, 0.29) is 18.1 Å². The summed E-state index contributed by atoms with van der Waals surface area (Å²) in [6.07, 6.45) is 4.55. The molecule has 3 heterocycles. The molecule has 0 radical (unpaired) electrons. The molecular weight excluding hydrogens is 552 g/mol. The normalized spacial score (nSPS) is 12.4. The fourth-order valence-corrected chi connectivity index (χ4v) is 5.42. The zero-order valence-electron chi connectivity index (χ0n) is 22.7. The van der Waals surface area contributed by atoms with Gasteiger partial charge in [-0.05, 0) is 36.2 Å². The van der Waals surface area contributed by atoms with Crippen molar-refractivity contribution in [2.24, 2.45) is 14.1 Å². The number of benzene rings is 2. The standard InChI is InChI=1S/C28H27F2N7O3S/c1-16(38)32-25(12-17-10-19(29)13-20(30)11-17)26-21(8-9-24(33-26)18-14-31-36(2)15-18)22-6-5-7-23-27(22)37(3)34-28(23)35-41(4,39)40/h5-11,13-15,25H,12H2,1-4H3,(H,32,38)(H,34,35)/t25-/m0/s1. The van der Waals surface area contributed by atoms with E-state index in [2.05, 4.69) is 20.2 Å². The van der Waals surface area contributed by atoms with Crippen LogP contribution in [0.15, 0.2) is 60.9 Å². The molecule has 5 aromatic rings. The molecule has 0 fully saturated rings. The van der Waals surface area contributed by atoms with Gasteiger partial charge in [0, 0.05) is 55.4 Å². The molecule has 212 valence electrons. The number of pyridine rings is 1. The van der Waals surface area contributed by atoms with Crippen LogP contribution >= 0.6 is 0 Å². The average molecular weight is 580 g/mol. The Kier molecular flexibility index (Phi) is 7.30. The van der Waals surface area contributed by atoms with Crippen LogP contribution in [0.5, 0.6) is 0 Å². The van der Waals surface area contributed by atoms with Gasteiger partial charge in [-0.25, -0.2) is 22.2 Å². The van der Waals surface area contributed by atoms with E-state index in [1.807, 2.05) is 18.2 Å². The minimum Gasteiger partial charge on any atom is -0.348 e. The van der Waals surface area contributed by atoms with Gasteiger partial charge >= 0.3 is 0 Å². The molecule has 0 bridgehead atoms. The quantitative estimate of drug-likeness (QED) is 0.285. The first-order valence-corrected chi connectivity index (χ1v) is 14.4. The molecule has 0 aliphatic carbocycles. The summed E-state index contributed by atoms with van der Waals surface area (Å²) in [6.45, 7) is 1.36. The molecule has 0 saturated carbocycles. The molecule has 0 spiro atoms. The molecule has 10 nitrogen and oxygen atoms in total. The Hall–Kier alpha value is -4.65. The SMILES string of the molecule is CC(=O)N[C@@H](Cc1cc(F)cc(F)c1)c1nc(-c2cnn(C)c2)ccc1-c1cccc2c(NS(C)(=O)=O)nn(C)c12. The Bertz CT molecular complexity index is 1880. The van der Waals surface area contributed by atoms with Gasteiger partial charge in [0.1, 0.15) is 11.6 Å². The van der Waals surface area contributed by atoms with Crippen molar-refractivity contribution in [3.05, 3.63) is 83.8 Å². The Morgan fingerprint density at radius 1 is 1.05 bits per heavy atom. The van der Waals surface area contributed by atoms with E-state index >= 15 is 0 Å². The molecule has 0 aliphatic heterocycles. The predicted molar refractivity (Wildman–Crippen MR) is 151 cm³/mol. The maximum atomic E-state index is 14.1. The Morgan fingerprint density at radius 2 is 1.78 bits per heavy atom. The number of nitrogens with zero attached hydrogens (tertiary/aromatic N) is 5. The lowest BCUT2D eigenvalue weighted by Crippen LogP contribution is -2.29. The number of aromatic nitrogens is 5. The van der Waals surface area contributed by atoms with Gasteiger partial charge in [0.25, 0.3) is 0 Å². The fourth-order valence-electron chi connectivity index (χ4n) is 4.91. The Morgan fingerprint density at radius 3 is 2.41 bits per heavy atom. The number of nitrogens with one attached hydrogen (secondary N) is 2. The Balaban J connectivity index is 1.74. The lowest BCUT2D eigenvalue weighted by Gasteiger charge is -2.22. The second-order valence-corrected chi connectivity index (χ2v) is 11.6. The van der Waals surface area contributed by atoms with Gasteiger partial charge < -0.3 is 5.32 Å². The summed E-state index contributed by atoms with van der Waals surface area (Å²) < 4.78 is 57.8. The van der Waals surface area contributed by atoms with E-state index in [1.165, 1.54) is 19.1 Å². The number of halogens is 2. The number of anilines is 1. The summed E-state index contributed by atoms with van der Waals surface area (Å²) in [6, 6.07) is 11.4. The maximum Gasteiger partial charge on any atom is 0.231 e. The summed E-state index contributed by atoms with van der Waals surface area (Å²) in [5.74, 6) is -1.65. The molecule has 3 aromatic heterocycles. The lowest BCUT2D eigenvalue weighted by atomic mass is 9.93. The third-order valence-corrected chi connectivity index (χ3v) is 7.00. The molecule has 1 amide bonds. The third kappa shape index (κ3) is 6.09. The highest BCUT2D eigenvalue weighted by atomic mass is 32.2. The number of aryl methyl sites for hydroxylation is 2. The van der Waals surface area contributed by atoms with Gasteiger partial charge in [0.15, 0.2) is 5.82 Å². The number of carbonyl (C=O) groups excluding carboxylic acids is 1. The van der Waals surface area contributed by atoms with Crippen LogP contribution < -0.4 is 10.0 Å². The third-order valence-electron chi connectivity index (χ3n) is 6.43. The number of amides is 1. The van der Waals surface area contributed by atoms with E-state index < -0.39 is 27.7 Å². The van der Waals surface area contributed by atoms with Gasteiger partial charge in [0.2, 0.25) is 15.9 Å². The van der Waals surface area contributed by atoms with Crippen molar-refractivity contribution in [1.82, 2.24) is 29.9 Å². The number of hydrogen-bond acceptors (Lipinski definition) is 6. The van der Waals surface area contributed by atoms with E-state index in [4.69, 9.17) is 4.98 Å². The molecule has 41 heavy (non-hydrogen) atoms. The van der Waals surface area contributed by atoms with Crippen LogP contribution in [-0.4, -0.2) is 45.1 Å². The smallest absolute Gasteiger partial charge is 0.231 e. The largest absolute Gasteiger partial charge is 0.348 e. The van der Waals surface area contributed by atoms with Crippen LogP contribution in [0.25, 0.3) is 33.3 Å². The molecule has 2 N–H and O–H groups in total. The van der Waals surface area contributed by atoms with Crippen molar-refractivity contribution in [3.8, 4) is 22.4 Å². The van der Waals surface area contributed by atoms with Crippen molar-refractivity contribution in [2.75, 3.05) is 11.0 Å². The van der Waals surface area contributed by atoms with Crippen molar-refractivity contribution in [1.29, 1.82) is 0 Å². The first-order chi connectivity index (χ1) is 19.4. The van der Waals surface area contributed by atoms with Gasteiger partial charge in [0.05, 0.1) is 35.4 Å². The molecule has 5 rings (SSSR count). The lowest BCUT2D eigenvalue weighted by molar-refractivity contribution is -0.119. The summed E-state index contributed by atoms with van der Waals surface area (Å²) in [5, 5.41) is 12.1. The van der Waals surface area contributed by atoms with E-state index in [0.717, 1.165) is 17.9 Å². The molecule has 1 atom stereocenters. The number of hydrogen-bond donors (Lipinski definition) is 2. The first-order valence-electron chi connectivity index (χ1n) is 12.5. The van der Waals surface area contributed by atoms with Crippen LogP contribution in [0.4, 0.5) is 14.6 Å². The number of carbonyl (C=O) groups is 1. The monoisotopic (exact) mass is 579 g/mol. The highest BCUT2D eigenvalue weighted by molar-refractivity contribution is 7.92. The highest BCUT2D eigenvalue weighted by Crippen LogP contribution is 2.37. The molecule has 13 heteroatoms. The topological polar surface area (TPSA) is 124 Å². The van der Waals surface area contributed by atoms with Gasteiger partial charge in [-0.15, -0.1) is 0 Å². The molecule has 0 aliphatic rings. The molecule has 2 aromatic carbocycles. The molecule has 0 saturated heterocycles. The zero-order chi connectivity index (χ0) is 29.5. The van der Waals surface area contributed by atoms with Crippen molar-refractivity contribution < 1.29 is 22.0 Å². The van der Waals surface area contributed by atoms with Crippen molar-refractivity contribution in [2.45, 2.75) is 19.4 Å². The second kappa shape index (κ2) is 10.7. The Labute approximate surface area is 235 Å². The summed E-state index contributed by atoms with van der Waals surface area (Å²) in [7, 11) is -0.127. The van der Waals surface area contributed by atoms with Gasteiger partial charge in [-0.2, -0.15) is 10.2 Å². The van der Waals surface area contributed by atoms with Crippen LogP contribution in [-0.2, 0) is 35.3 Å². The average Bonchev–Trinajstić information content (AvgIpc) is 3.44. The van der Waals surface area contributed by atoms with Crippen LogP contribution in [0, 0.1) is 11.6 Å². The minimum atomic E-state index is -3.60. The predicted octanol–water partition coefficient (Wildman–Crippen LogP) is 4.11. The fraction of sp³-hybridized carbons (Fsp3) is 0.214. The summed E-state index contributed by atoms with van der Waals surface area (Å²) in [5.41, 5.74) is 3.99. The van der Waals surface area contributed by atoms with E-state index in [0.29, 0.717) is 39.0 Å². The van der Waals surface area contributed by atoms with E-state index in [1.54, 1.807) is 48.0 Å². The summed E-state index contributed by atoms with van der Waals surface area (Å²) >= 11 is 0. The number of sulfonamides is 1. The van der Waals surface area contributed by atoms with Crippen molar-refractivity contribution >= 4 is 32.7 Å². The molecule has 0 unspecified atom stereocenters. The zero-order valence-corrected chi connectivity index (χ0v) is 23.5.